The second-order valence-electron chi connectivity index (χ2n) is 6.17. The third-order valence-corrected chi connectivity index (χ3v) is 4.83. The van der Waals surface area contributed by atoms with E-state index < -0.39 is 0 Å². The minimum atomic E-state index is 0.275. The number of nitrogens with zero attached hydrogens (tertiary/aromatic N) is 1. The standard InChI is InChI=1S/C22H22Cl2N2O2/c1-2-27-22-11-16(12-26-14-17-5-4-10-25-13-17)8-9-21(22)28-15-18-19(23)6-3-7-20(18)24/h3-11,13,26H,2,12,14-15H2,1H3. The lowest BCUT2D eigenvalue weighted by Gasteiger charge is -2.15. The van der Waals surface area contributed by atoms with Crippen LogP contribution in [-0.2, 0) is 19.7 Å². The van der Waals surface area contributed by atoms with Gasteiger partial charge in [-0.3, -0.25) is 4.98 Å². The van der Waals surface area contributed by atoms with Crippen molar-refractivity contribution in [3.05, 3.63) is 87.7 Å². The molecule has 0 saturated heterocycles. The van der Waals surface area contributed by atoms with Crippen molar-refractivity contribution in [3.8, 4) is 11.5 Å². The van der Waals surface area contributed by atoms with E-state index >= 15 is 0 Å². The molecule has 1 N–H and O–H groups in total. The minimum absolute atomic E-state index is 0.275. The molecule has 1 aromatic heterocycles. The minimum Gasteiger partial charge on any atom is -0.490 e. The predicted molar refractivity (Wildman–Crippen MR) is 113 cm³/mol. The molecule has 0 saturated carbocycles. The summed E-state index contributed by atoms with van der Waals surface area (Å²) < 4.78 is 11.7. The monoisotopic (exact) mass is 416 g/mol. The van der Waals surface area contributed by atoms with Crippen LogP contribution in [0.1, 0.15) is 23.6 Å². The van der Waals surface area contributed by atoms with Gasteiger partial charge in [-0.05, 0) is 48.4 Å². The number of hydrogen-bond donors (Lipinski definition) is 1. The van der Waals surface area contributed by atoms with Crippen molar-refractivity contribution in [2.45, 2.75) is 26.6 Å². The number of nitrogens with one attached hydrogen (secondary N) is 1. The second kappa shape index (κ2) is 10.3. The number of aromatic nitrogens is 1. The predicted octanol–water partition coefficient (Wildman–Crippen LogP) is 5.66. The van der Waals surface area contributed by atoms with Gasteiger partial charge in [0.15, 0.2) is 11.5 Å². The molecule has 0 aliphatic rings. The average molecular weight is 417 g/mol. The summed E-state index contributed by atoms with van der Waals surface area (Å²) in [5.74, 6) is 1.36. The molecular weight excluding hydrogens is 395 g/mol. The molecule has 0 amide bonds. The maximum absolute atomic E-state index is 6.22. The van der Waals surface area contributed by atoms with E-state index in [1.54, 1.807) is 18.3 Å². The Morgan fingerprint density at radius 2 is 1.68 bits per heavy atom. The summed E-state index contributed by atoms with van der Waals surface area (Å²) in [6, 6.07) is 15.3. The summed E-state index contributed by atoms with van der Waals surface area (Å²) >= 11 is 12.4. The number of hydrogen-bond acceptors (Lipinski definition) is 4. The lowest BCUT2D eigenvalue weighted by atomic mass is 10.2. The van der Waals surface area contributed by atoms with Crippen LogP contribution in [0.4, 0.5) is 0 Å². The fourth-order valence-electron chi connectivity index (χ4n) is 2.72. The Bertz CT molecular complexity index is 884. The van der Waals surface area contributed by atoms with Gasteiger partial charge in [0.1, 0.15) is 6.61 Å². The highest BCUT2D eigenvalue weighted by atomic mass is 35.5. The first-order valence-corrected chi connectivity index (χ1v) is 9.84. The molecule has 0 aliphatic carbocycles. The highest BCUT2D eigenvalue weighted by Gasteiger charge is 2.10. The third kappa shape index (κ3) is 5.61. The van der Waals surface area contributed by atoms with Crippen molar-refractivity contribution in [2.75, 3.05) is 6.61 Å². The maximum Gasteiger partial charge on any atom is 0.161 e. The summed E-state index contributed by atoms with van der Waals surface area (Å²) in [6.07, 6.45) is 3.63. The molecular formula is C22H22Cl2N2O2. The van der Waals surface area contributed by atoms with Gasteiger partial charge in [-0.15, -0.1) is 0 Å². The first-order valence-electron chi connectivity index (χ1n) is 9.08. The Labute approximate surface area is 175 Å². The van der Waals surface area contributed by atoms with E-state index in [4.69, 9.17) is 32.7 Å². The Hall–Kier alpha value is -2.27. The molecule has 0 aliphatic heterocycles. The molecule has 0 bridgehead atoms. The van der Waals surface area contributed by atoms with Crippen molar-refractivity contribution in [1.29, 1.82) is 0 Å². The molecule has 0 unspecified atom stereocenters. The second-order valence-corrected chi connectivity index (χ2v) is 6.98. The van der Waals surface area contributed by atoms with Crippen LogP contribution in [-0.4, -0.2) is 11.6 Å². The van der Waals surface area contributed by atoms with Crippen LogP contribution in [0.25, 0.3) is 0 Å². The Kier molecular flexibility index (Phi) is 7.54. The average Bonchev–Trinajstić information content (AvgIpc) is 2.70. The van der Waals surface area contributed by atoms with Gasteiger partial charge in [0.2, 0.25) is 0 Å². The summed E-state index contributed by atoms with van der Waals surface area (Å²) in [6.45, 7) is 4.24. The van der Waals surface area contributed by atoms with Crippen LogP contribution in [0.3, 0.4) is 0 Å². The Balaban J connectivity index is 1.65. The molecule has 3 rings (SSSR count). The van der Waals surface area contributed by atoms with E-state index in [0.717, 1.165) is 23.2 Å². The first-order chi connectivity index (χ1) is 13.7. The lowest BCUT2D eigenvalue weighted by molar-refractivity contribution is 0.269. The van der Waals surface area contributed by atoms with Crippen molar-refractivity contribution in [2.24, 2.45) is 0 Å². The van der Waals surface area contributed by atoms with E-state index in [2.05, 4.69) is 10.3 Å². The normalized spacial score (nSPS) is 10.7. The van der Waals surface area contributed by atoms with E-state index in [9.17, 15) is 0 Å². The summed E-state index contributed by atoms with van der Waals surface area (Å²) in [7, 11) is 0. The van der Waals surface area contributed by atoms with Crippen LogP contribution in [0.2, 0.25) is 10.0 Å². The molecule has 1 heterocycles. The molecule has 2 aromatic carbocycles. The van der Waals surface area contributed by atoms with Crippen LogP contribution in [0.5, 0.6) is 11.5 Å². The van der Waals surface area contributed by atoms with E-state index in [1.807, 2.05) is 49.5 Å². The SMILES string of the molecule is CCOc1cc(CNCc2cccnc2)ccc1OCc1c(Cl)cccc1Cl. The number of benzene rings is 2. The van der Waals surface area contributed by atoms with Gasteiger partial charge < -0.3 is 14.8 Å². The van der Waals surface area contributed by atoms with E-state index in [-0.39, 0.29) is 6.61 Å². The first kappa shape index (κ1) is 20.5. The lowest BCUT2D eigenvalue weighted by Crippen LogP contribution is -2.13. The largest absolute Gasteiger partial charge is 0.490 e. The highest BCUT2D eigenvalue weighted by Crippen LogP contribution is 2.31. The number of pyridine rings is 1. The summed E-state index contributed by atoms with van der Waals surface area (Å²) in [5.41, 5.74) is 3.01. The van der Waals surface area contributed by atoms with Crippen LogP contribution >= 0.6 is 23.2 Å². The van der Waals surface area contributed by atoms with Gasteiger partial charge in [-0.2, -0.15) is 0 Å². The van der Waals surface area contributed by atoms with Crippen LogP contribution in [0.15, 0.2) is 60.9 Å². The molecule has 3 aromatic rings. The van der Waals surface area contributed by atoms with Gasteiger partial charge >= 0.3 is 0 Å². The number of ether oxygens (including phenoxy) is 2. The van der Waals surface area contributed by atoms with Crippen LogP contribution < -0.4 is 14.8 Å². The zero-order valence-corrected chi connectivity index (χ0v) is 17.1. The zero-order valence-electron chi connectivity index (χ0n) is 15.6. The smallest absolute Gasteiger partial charge is 0.161 e. The Morgan fingerprint density at radius 1 is 0.893 bits per heavy atom. The van der Waals surface area contributed by atoms with Crippen molar-refractivity contribution in [1.82, 2.24) is 10.3 Å². The quantitative estimate of drug-likeness (QED) is 0.488. The summed E-state index contributed by atoms with van der Waals surface area (Å²) in [5, 5.41) is 4.58. The molecule has 0 atom stereocenters. The molecule has 6 heteroatoms. The van der Waals surface area contributed by atoms with Gasteiger partial charge in [0.05, 0.1) is 6.61 Å². The molecule has 0 radical (unpaired) electrons. The summed E-state index contributed by atoms with van der Waals surface area (Å²) in [4.78, 5) is 4.12. The number of rotatable bonds is 9. The fraction of sp³-hybridized carbons (Fsp3) is 0.227. The van der Waals surface area contributed by atoms with Gasteiger partial charge in [-0.1, -0.05) is 41.4 Å². The third-order valence-electron chi connectivity index (χ3n) is 4.12. The van der Waals surface area contributed by atoms with Crippen molar-refractivity contribution in [3.63, 3.8) is 0 Å². The molecule has 0 fully saturated rings. The maximum atomic E-state index is 6.22. The van der Waals surface area contributed by atoms with Crippen molar-refractivity contribution >= 4 is 23.2 Å². The van der Waals surface area contributed by atoms with Crippen LogP contribution in [0, 0.1) is 0 Å². The van der Waals surface area contributed by atoms with Crippen molar-refractivity contribution < 1.29 is 9.47 Å². The highest BCUT2D eigenvalue weighted by molar-refractivity contribution is 6.35. The Morgan fingerprint density at radius 3 is 2.39 bits per heavy atom. The molecule has 146 valence electrons. The van der Waals surface area contributed by atoms with E-state index in [1.165, 1.54) is 0 Å². The van der Waals surface area contributed by atoms with Gasteiger partial charge in [-0.25, -0.2) is 0 Å². The van der Waals surface area contributed by atoms with Gasteiger partial charge in [0.25, 0.3) is 0 Å². The molecule has 4 nitrogen and oxygen atoms in total. The fourth-order valence-corrected chi connectivity index (χ4v) is 3.23. The topological polar surface area (TPSA) is 43.4 Å². The van der Waals surface area contributed by atoms with E-state index in [0.29, 0.717) is 34.7 Å². The molecule has 28 heavy (non-hydrogen) atoms. The zero-order chi connectivity index (χ0) is 19.8. The molecule has 0 spiro atoms. The van der Waals surface area contributed by atoms with Gasteiger partial charge in [0, 0.05) is 41.1 Å². The number of halogens is 2.